The van der Waals surface area contributed by atoms with Crippen LogP contribution in [0.5, 0.6) is 0 Å². The maximum Gasteiger partial charge on any atom is 0.145 e. The second kappa shape index (κ2) is 6.31. The van der Waals surface area contributed by atoms with Gasteiger partial charge in [-0.2, -0.15) is 5.26 Å². The zero-order valence-electron chi connectivity index (χ0n) is 10.8. The number of anilines is 1. The van der Waals surface area contributed by atoms with E-state index in [1.807, 2.05) is 6.07 Å². The van der Waals surface area contributed by atoms with E-state index in [1.165, 1.54) is 32.3 Å². The molecule has 1 saturated heterocycles. The van der Waals surface area contributed by atoms with Crippen molar-refractivity contribution in [1.29, 1.82) is 5.26 Å². The SMILES string of the molecule is CN1CCCC(CCNc2cc(C#N)ncn2)C1. The number of piperidine rings is 1. The van der Waals surface area contributed by atoms with E-state index in [-0.39, 0.29) is 0 Å². The van der Waals surface area contributed by atoms with Crippen molar-refractivity contribution in [1.82, 2.24) is 14.9 Å². The van der Waals surface area contributed by atoms with Gasteiger partial charge in [0, 0.05) is 19.2 Å². The summed E-state index contributed by atoms with van der Waals surface area (Å²) < 4.78 is 0. The Morgan fingerprint density at radius 1 is 1.56 bits per heavy atom. The summed E-state index contributed by atoms with van der Waals surface area (Å²) in [6.07, 6.45) is 5.19. The van der Waals surface area contributed by atoms with Crippen LogP contribution in [-0.2, 0) is 0 Å². The normalized spacial score (nSPS) is 20.3. The molecule has 0 bridgehead atoms. The molecule has 0 aromatic carbocycles. The fraction of sp³-hybridized carbons (Fsp3) is 0.615. The standard InChI is InChI=1S/C13H19N5/c1-18-6-2-3-11(9-18)4-5-15-13-7-12(8-14)16-10-17-13/h7,10-11H,2-6,9H2,1H3,(H,15,16,17). The molecule has 0 amide bonds. The average Bonchev–Trinajstić information content (AvgIpc) is 2.39. The summed E-state index contributed by atoms with van der Waals surface area (Å²) in [7, 11) is 2.18. The summed E-state index contributed by atoms with van der Waals surface area (Å²) >= 11 is 0. The van der Waals surface area contributed by atoms with Gasteiger partial charge in [0.1, 0.15) is 23.9 Å². The van der Waals surface area contributed by atoms with E-state index in [9.17, 15) is 0 Å². The van der Waals surface area contributed by atoms with E-state index in [0.29, 0.717) is 5.69 Å². The first-order chi connectivity index (χ1) is 8.78. The number of likely N-dealkylation sites (tertiary alicyclic amines) is 1. The molecule has 2 heterocycles. The molecule has 18 heavy (non-hydrogen) atoms. The monoisotopic (exact) mass is 245 g/mol. The Labute approximate surface area is 108 Å². The molecule has 0 saturated carbocycles. The van der Waals surface area contributed by atoms with E-state index in [2.05, 4.69) is 27.2 Å². The van der Waals surface area contributed by atoms with Gasteiger partial charge in [0.25, 0.3) is 0 Å². The molecule has 1 unspecified atom stereocenters. The molecule has 5 heteroatoms. The van der Waals surface area contributed by atoms with Crippen LogP contribution in [0.3, 0.4) is 0 Å². The first kappa shape index (κ1) is 12.8. The number of aromatic nitrogens is 2. The van der Waals surface area contributed by atoms with Crippen molar-refractivity contribution >= 4 is 5.82 Å². The third kappa shape index (κ3) is 3.67. The van der Waals surface area contributed by atoms with Gasteiger partial charge in [-0.15, -0.1) is 0 Å². The second-order valence-electron chi connectivity index (χ2n) is 4.89. The van der Waals surface area contributed by atoms with Crippen LogP contribution in [0.15, 0.2) is 12.4 Å². The summed E-state index contributed by atoms with van der Waals surface area (Å²) in [6, 6.07) is 3.70. The van der Waals surface area contributed by atoms with Gasteiger partial charge in [-0.3, -0.25) is 0 Å². The predicted octanol–water partition coefficient (Wildman–Crippen LogP) is 1.49. The summed E-state index contributed by atoms with van der Waals surface area (Å²) in [5.74, 6) is 1.51. The van der Waals surface area contributed by atoms with Crippen LogP contribution >= 0.6 is 0 Å². The van der Waals surface area contributed by atoms with Gasteiger partial charge in [-0.05, 0) is 38.8 Å². The summed E-state index contributed by atoms with van der Waals surface area (Å²) in [5.41, 5.74) is 0.407. The van der Waals surface area contributed by atoms with Gasteiger partial charge in [0.15, 0.2) is 0 Å². The predicted molar refractivity (Wildman–Crippen MR) is 70.1 cm³/mol. The number of nitriles is 1. The van der Waals surface area contributed by atoms with E-state index >= 15 is 0 Å². The molecule has 1 fully saturated rings. The molecule has 1 N–H and O–H groups in total. The zero-order valence-corrected chi connectivity index (χ0v) is 10.8. The van der Waals surface area contributed by atoms with Gasteiger partial charge >= 0.3 is 0 Å². The smallest absolute Gasteiger partial charge is 0.145 e. The van der Waals surface area contributed by atoms with Crippen LogP contribution in [0.2, 0.25) is 0 Å². The number of rotatable bonds is 4. The molecule has 0 spiro atoms. The molecule has 1 aliphatic rings. The molecule has 1 aliphatic heterocycles. The van der Waals surface area contributed by atoms with Crippen molar-refractivity contribution in [3.63, 3.8) is 0 Å². The van der Waals surface area contributed by atoms with Crippen molar-refractivity contribution in [2.24, 2.45) is 5.92 Å². The van der Waals surface area contributed by atoms with Crippen LogP contribution in [0, 0.1) is 17.2 Å². The van der Waals surface area contributed by atoms with Crippen molar-refractivity contribution in [2.45, 2.75) is 19.3 Å². The lowest BCUT2D eigenvalue weighted by atomic mass is 9.95. The van der Waals surface area contributed by atoms with Crippen molar-refractivity contribution in [2.75, 3.05) is 32.0 Å². The first-order valence-electron chi connectivity index (χ1n) is 6.42. The van der Waals surface area contributed by atoms with E-state index in [4.69, 9.17) is 5.26 Å². The number of hydrogen-bond acceptors (Lipinski definition) is 5. The Kier molecular flexibility index (Phi) is 4.48. The number of nitrogens with one attached hydrogen (secondary N) is 1. The lowest BCUT2D eigenvalue weighted by molar-refractivity contribution is 0.205. The molecule has 0 aliphatic carbocycles. The Morgan fingerprint density at radius 2 is 2.44 bits per heavy atom. The molecule has 0 radical (unpaired) electrons. The van der Waals surface area contributed by atoms with Crippen LogP contribution in [0.25, 0.3) is 0 Å². The van der Waals surface area contributed by atoms with Crippen molar-refractivity contribution in [3.05, 3.63) is 18.1 Å². The average molecular weight is 245 g/mol. The van der Waals surface area contributed by atoms with Gasteiger partial charge in [0.2, 0.25) is 0 Å². The quantitative estimate of drug-likeness (QED) is 0.870. The maximum atomic E-state index is 8.75. The van der Waals surface area contributed by atoms with Crippen molar-refractivity contribution in [3.8, 4) is 6.07 Å². The maximum absolute atomic E-state index is 8.75. The Balaban J connectivity index is 1.76. The molecule has 2 rings (SSSR count). The Morgan fingerprint density at radius 3 is 3.22 bits per heavy atom. The summed E-state index contributed by atoms with van der Waals surface area (Å²) in [4.78, 5) is 10.3. The highest BCUT2D eigenvalue weighted by Gasteiger charge is 2.16. The third-order valence-electron chi connectivity index (χ3n) is 3.36. The van der Waals surface area contributed by atoms with E-state index in [0.717, 1.165) is 24.7 Å². The fourth-order valence-corrected chi connectivity index (χ4v) is 2.43. The zero-order chi connectivity index (χ0) is 12.8. The van der Waals surface area contributed by atoms with Crippen LogP contribution < -0.4 is 5.32 Å². The minimum Gasteiger partial charge on any atom is -0.370 e. The van der Waals surface area contributed by atoms with E-state index < -0.39 is 0 Å². The first-order valence-corrected chi connectivity index (χ1v) is 6.42. The highest BCUT2D eigenvalue weighted by molar-refractivity contribution is 5.38. The number of hydrogen-bond donors (Lipinski definition) is 1. The van der Waals surface area contributed by atoms with Gasteiger partial charge in [0.05, 0.1) is 0 Å². The Hall–Kier alpha value is -1.67. The third-order valence-corrected chi connectivity index (χ3v) is 3.36. The Bertz CT molecular complexity index is 426. The summed E-state index contributed by atoms with van der Waals surface area (Å²) in [5, 5.41) is 12.0. The lowest BCUT2D eigenvalue weighted by Gasteiger charge is -2.29. The van der Waals surface area contributed by atoms with Crippen LogP contribution in [0.1, 0.15) is 25.0 Å². The lowest BCUT2D eigenvalue weighted by Crippen LogP contribution is -2.32. The molecule has 5 nitrogen and oxygen atoms in total. The highest BCUT2D eigenvalue weighted by Crippen LogP contribution is 2.18. The van der Waals surface area contributed by atoms with Crippen LogP contribution in [-0.4, -0.2) is 41.5 Å². The van der Waals surface area contributed by atoms with Gasteiger partial charge in [-0.1, -0.05) is 0 Å². The molecule has 1 aromatic heterocycles. The van der Waals surface area contributed by atoms with Crippen LogP contribution in [0.4, 0.5) is 5.82 Å². The number of nitrogens with zero attached hydrogens (tertiary/aromatic N) is 4. The van der Waals surface area contributed by atoms with Gasteiger partial charge < -0.3 is 10.2 Å². The topological polar surface area (TPSA) is 64.8 Å². The highest BCUT2D eigenvalue weighted by atomic mass is 15.1. The largest absolute Gasteiger partial charge is 0.370 e. The molecule has 96 valence electrons. The van der Waals surface area contributed by atoms with Gasteiger partial charge in [-0.25, -0.2) is 9.97 Å². The van der Waals surface area contributed by atoms with E-state index in [1.54, 1.807) is 6.07 Å². The molecule has 1 aromatic rings. The summed E-state index contributed by atoms with van der Waals surface area (Å²) in [6.45, 7) is 3.32. The molecule has 1 atom stereocenters. The molecular weight excluding hydrogens is 226 g/mol. The second-order valence-corrected chi connectivity index (χ2v) is 4.89. The fourth-order valence-electron chi connectivity index (χ4n) is 2.43. The minimum atomic E-state index is 0.407. The minimum absolute atomic E-state index is 0.407. The molecular formula is C13H19N5. The van der Waals surface area contributed by atoms with Crippen molar-refractivity contribution < 1.29 is 0 Å².